The molecule has 0 aliphatic carbocycles. The maximum atomic E-state index is 5.81. The van der Waals surface area contributed by atoms with Crippen molar-refractivity contribution in [3.05, 3.63) is 54.5 Å². The van der Waals surface area contributed by atoms with Gasteiger partial charge in [0, 0.05) is 6.07 Å². The second-order valence-electron chi connectivity index (χ2n) is 5.36. The lowest BCUT2D eigenvalue weighted by Gasteiger charge is -2.22. The normalized spacial score (nSPS) is 16.3. The highest BCUT2D eigenvalue weighted by Crippen LogP contribution is 2.31. The van der Waals surface area contributed by atoms with Crippen LogP contribution in [0.4, 0.5) is 0 Å². The van der Waals surface area contributed by atoms with Gasteiger partial charge in [0.15, 0.2) is 0 Å². The average Bonchev–Trinajstić information content (AvgIpc) is 3.12. The van der Waals surface area contributed by atoms with Crippen LogP contribution in [0.3, 0.4) is 0 Å². The minimum Gasteiger partial charge on any atom is -0.472 e. The number of imidazole rings is 1. The van der Waals surface area contributed by atoms with Crippen molar-refractivity contribution in [3.63, 3.8) is 0 Å². The van der Waals surface area contributed by atoms with Crippen LogP contribution in [0.15, 0.2) is 48.9 Å². The van der Waals surface area contributed by atoms with Crippen LogP contribution in [0, 0.1) is 0 Å². The fourth-order valence-electron chi connectivity index (χ4n) is 2.73. The number of hydrogen-bond donors (Lipinski definition) is 0. The Kier molecular flexibility index (Phi) is 2.77. The first kappa shape index (κ1) is 12.2. The molecule has 3 aromatic rings. The van der Waals surface area contributed by atoms with Gasteiger partial charge in [-0.25, -0.2) is 4.98 Å². The van der Waals surface area contributed by atoms with Crippen LogP contribution in [0.25, 0.3) is 11.4 Å². The van der Waals surface area contributed by atoms with Crippen LogP contribution in [0.1, 0.15) is 18.5 Å². The van der Waals surface area contributed by atoms with Crippen molar-refractivity contribution in [2.45, 2.75) is 26.1 Å². The molecule has 0 bridgehead atoms. The third kappa shape index (κ3) is 2.11. The topological polar surface area (TPSA) is 44.9 Å². The molecule has 0 N–H and O–H groups in total. The predicted molar refractivity (Wildman–Crippen MR) is 78.9 cm³/mol. The molecule has 0 fully saturated rings. The Morgan fingerprint density at radius 1 is 1.24 bits per heavy atom. The molecular formula is C16H16N4O. The summed E-state index contributed by atoms with van der Waals surface area (Å²) >= 11 is 0. The van der Waals surface area contributed by atoms with Crippen LogP contribution in [-0.2, 0) is 13.2 Å². The van der Waals surface area contributed by atoms with E-state index in [1.54, 1.807) is 0 Å². The molecule has 1 aromatic carbocycles. The van der Waals surface area contributed by atoms with Gasteiger partial charge in [-0.05, 0) is 12.5 Å². The van der Waals surface area contributed by atoms with Gasteiger partial charge < -0.3 is 9.30 Å². The molecule has 1 aliphatic rings. The van der Waals surface area contributed by atoms with Crippen molar-refractivity contribution in [2.75, 3.05) is 0 Å². The monoisotopic (exact) mass is 280 g/mol. The third-order valence-electron chi connectivity index (χ3n) is 3.83. The molecule has 5 nitrogen and oxygen atoms in total. The summed E-state index contributed by atoms with van der Waals surface area (Å²) in [6, 6.07) is 12.5. The molecule has 21 heavy (non-hydrogen) atoms. The average molecular weight is 280 g/mol. The van der Waals surface area contributed by atoms with Crippen LogP contribution >= 0.6 is 0 Å². The first-order valence-corrected chi connectivity index (χ1v) is 7.08. The van der Waals surface area contributed by atoms with Gasteiger partial charge in [0.2, 0.25) is 5.88 Å². The number of fused-ring (bicyclic) bond motifs is 3. The van der Waals surface area contributed by atoms with Gasteiger partial charge in [-0.3, -0.25) is 4.68 Å². The lowest BCUT2D eigenvalue weighted by molar-refractivity contribution is 0.287. The van der Waals surface area contributed by atoms with Crippen molar-refractivity contribution in [1.82, 2.24) is 19.3 Å². The van der Waals surface area contributed by atoms with Gasteiger partial charge in [-0.15, -0.1) is 5.10 Å². The summed E-state index contributed by atoms with van der Waals surface area (Å²) in [5.74, 6) is 0.663. The van der Waals surface area contributed by atoms with E-state index in [-0.39, 0.29) is 0 Å². The van der Waals surface area contributed by atoms with Crippen LogP contribution in [0.2, 0.25) is 0 Å². The summed E-state index contributed by atoms with van der Waals surface area (Å²) in [7, 11) is 0. The molecule has 1 aliphatic heterocycles. The smallest absolute Gasteiger partial charge is 0.233 e. The quantitative estimate of drug-likeness (QED) is 0.741. The molecular weight excluding hydrogens is 264 g/mol. The van der Waals surface area contributed by atoms with Crippen molar-refractivity contribution >= 4 is 0 Å². The maximum absolute atomic E-state index is 5.81. The van der Waals surface area contributed by atoms with Crippen LogP contribution in [0.5, 0.6) is 5.88 Å². The number of aromatic nitrogens is 4. The number of hydrogen-bond acceptors (Lipinski definition) is 3. The molecule has 2 aromatic heterocycles. The second-order valence-corrected chi connectivity index (χ2v) is 5.36. The van der Waals surface area contributed by atoms with Crippen LogP contribution < -0.4 is 4.74 Å². The summed E-state index contributed by atoms with van der Waals surface area (Å²) in [5.41, 5.74) is 3.30. The molecule has 5 heteroatoms. The van der Waals surface area contributed by atoms with Crippen LogP contribution in [-0.4, -0.2) is 19.3 Å². The zero-order valence-corrected chi connectivity index (χ0v) is 11.8. The second kappa shape index (κ2) is 4.77. The minimum atomic E-state index is 0.358. The lowest BCUT2D eigenvalue weighted by atomic mass is 10.2. The lowest BCUT2D eigenvalue weighted by Crippen LogP contribution is -2.20. The highest BCUT2D eigenvalue weighted by molar-refractivity contribution is 5.57. The molecule has 0 saturated heterocycles. The molecule has 3 heterocycles. The van der Waals surface area contributed by atoms with Crippen molar-refractivity contribution in [2.24, 2.45) is 0 Å². The Balaban J connectivity index is 1.59. The molecule has 0 saturated carbocycles. The third-order valence-corrected chi connectivity index (χ3v) is 3.83. The van der Waals surface area contributed by atoms with E-state index in [1.807, 2.05) is 53.6 Å². The summed E-state index contributed by atoms with van der Waals surface area (Å²) in [6.07, 6.45) is 3.76. The molecule has 1 atom stereocenters. The van der Waals surface area contributed by atoms with Gasteiger partial charge in [0.1, 0.15) is 6.61 Å². The number of benzene rings is 1. The first-order chi connectivity index (χ1) is 10.3. The van der Waals surface area contributed by atoms with Gasteiger partial charge in [0.05, 0.1) is 36.5 Å². The van der Waals surface area contributed by atoms with Crippen molar-refractivity contribution in [3.8, 4) is 17.3 Å². The highest BCUT2D eigenvalue weighted by atomic mass is 16.5. The zero-order valence-electron chi connectivity index (χ0n) is 11.8. The Hall–Kier alpha value is -2.56. The van der Waals surface area contributed by atoms with Gasteiger partial charge >= 0.3 is 0 Å². The summed E-state index contributed by atoms with van der Waals surface area (Å²) in [5, 5.41) is 4.55. The van der Waals surface area contributed by atoms with E-state index in [2.05, 4.69) is 21.6 Å². The maximum Gasteiger partial charge on any atom is 0.233 e. The number of ether oxygens (including phenoxy) is 1. The molecule has 0 spiro atoms. The standard InChI is InChI=1S/C16H16N4O/c1-12-9-20-14(15-8-17-11-19(12)15)7-16(18-20)21-10-13-5-3-2-4-6-13/h2-8,11-12H,9-10H2,1H3. The van der Waals surface area contributed by atoms with E-state index in [4.69, 9.17) is 4.74 Å². The SMILES string of the molecule is CC1Cn2nc(OCc3ccccc3)cc2-c2cncn21. The molecule has 0 amide bonds. The first-order valence-electron chi connectivity index (χ1n) is 7.08. The van der Waals surface area contributed by atoms with E-state index in [1.165, 1.54) is 0 Å². The Bertz CT molecular complexity index is 760. The number of rotatable bonds is 3. The largest absolute Gasteiger partial charge is 0.472 e. The van der Waals surface area contributed by atoms with E-state index >= 15 is 0 Å². The fraction of sp³-hybridized carbons (Fsp3) is 0.250. The van der Waals surface area contributed by atoms with Gasteiger partial charge in [-0.2, -0.15) is 0 Å². The predicted octanol–water partition coefficient (Wildman–Crippen LogP) is 2.90. The van der Waals surface area contributed by atoms with Crippen molar-refractivity contribution in [1.29, 1.82) is 0 Å². The summed E-state index contributed by atoms with van der Waals surface area (Å²) in [4.78, 5) is 4.24. The summed E-state index contributed by atoms with van der Waals surface area (Å²) in [6.45, 7) is 3.54. The van der Waals surface area contributed by atoms with Gasteiger partial charge in [-0.1, -0.05) is 30.3 Å². The zero-order chi connectivity index (χ0) is 14.2. The number of nitrogens with zero attached hydrogens (tertiary/aromatic N) is 4. The van der Waals surface area contributed by atoms with E-state index in [0.29, 0.717) is 18.5 Å². The fourth-order valence-corrected chi connectivity index (χ4v) is 2.73. The van der Waals surface area contributed by atoms with E-state index in [9.17, 15) is 0 Å². The van der Waals surface area contributed by atoms with E-state index < -0.39 is 0 Å². The molecule has 106 valence electrons. The Morgan fingerprint density at radius 3 is 2.95 bits per heavy atom. The summed E-state index contributed by atoms with van der Waals surface area (Å²) < 4.78 is 9.99. The molecule has 4 rings (SSSR count). The Labute approximate surface area is 122 Å². The molecule has 0 radical (unpaired) electrons. The van der Waals surface area contributed by atoms with Crippen molar-refractivity contribution < 1.29 is 4.74 Å². The van der Waals surface area contributed by atoms with E-state index in [0.717, 1.165) is 23.5 Å². The highest BCUT2D eigenvalue weighted by Gasteiger charge is 2.23. The minimum absolute atomic E-state index is 0.358. The Morgan fingerprint density at radius 2 is 2.10 bits per heavy atom. The molecule has 1 unspecified atom stereocenters. The van der Waals surface area contributed by atoms with Gasteiger partial charge in [0.25, 0.3) is 0 Å².